The number of carboxylic acids is 1. The number of nitrogens with two attached hydrogens (primary N) is 1. The van der Waals surface area contributed by atoms with Crippen molar-refractivity contribution in [1.29, 1.82) is 0 Å². The van der Waals surface area contributed by atoms with Gasteiger partial charge in [-0.3, -0.25) is 33.6 Å². The number of H-pyrrole nitrogens is 1. The summed E-state index contributed by atoms with van der Waals surface area (Å²) in [4.78, 5) is 99.9. The summed E-state index contributed by atoms with van der Waals surface area (Å²) in [7, 11) is 0. The fourth-order valence-corrected chi connectivity index (χ4v) is 7.77. The molecule has 0 bridgehead atoms. The van der Waals surface area contributed by atoms with Crippen LogP contribution in [0.25, 0.3) is 10.9 Å². The number of fused-ring (bicyclic) bond motifs is 1. The lowest BCUT2D eigenvalue weighted by molar-refractivity contribution is -0.141. The summed E-state index contributed by atoms with van der Waals surface area (Å²) in [5.74, 6) is -5.94. The second kappa shape index (κ2) is 24.7. The van der Waals surface area contributed by atoms with Crippen molar-refractivity contribution in [3.05, 3.63) is 167 Å². The zero-order valence-corrected chi connectivity index (χ0v) is 39.1. The molecule has 6 rings (SSSR count). The lowest BCUT2D eigenvalue weighted by Crippen LogP contribution is -2.61. The number of carboxylic acid groups (broad SMARTS) is 1. The SMILES string of the molecule is C[C@H](N)C(=O)N[C@@H](Cc1ccccc1)C(=O)N[C@@H](Cc1ccc(O)cc1)C(=O)N[C@@H](Cc1ccccc1)C(=O)N[C@@H](Cc1c[nH]c2ccccc12)C(=O)N[C@@H](Cc1ccc(O)cc1)C(=O)N[C@@H](C)C(=O)O. The van der Waals surface area contributed by atoms with Gasteiger partial charge in [0.1, 0.15) is 47.8 Å². The van der Waals surface area contributed by atoms with E-state index < -0.39 is 83.7 Å². The molecule has 5 aromatic carbocycles. The van der Waals surface area contributed by atoms with Gasteiger partial charge < -0.3 is 57.9 Å². The molecule has 0 unspecified atom stereocenters. The largest absolute Gasteiger partial charge is 0.508 e. The topological polar surface area (TPSA) is 294 Å². The van der Waals surface area contributed by atoms with Gasteiger partial charge in [-0.1, -0.05) is 103 Å². The van der Waals surface area contributed by atoms with E-state index in [1.54, 1.807) is 91.1 Å². The molecule has 0 fully saturated rings. The molecule has 370 valence electrons. The number of para-hydroxylation sites is 1. The number of carbonyl (C=O) groups is 7. The molecule has 18 nitrogen and oxygen atoms in total. The number of aromatic hydroxyl groups is 2. The summed E-state index contributed by atoms with van der Waals surface area (Å²) >= 11 is 0. The van der Waals surface area contributed by atoms with Crippen molar-refractivity contribution in [3.8, 4) is 11.5 Å². The van der Waals surface area contributed by atoms with Crippen molar-refractivity contribution in [2.45, 2.75) is 88.2 Å². The Morgan fingerprint density at radius 3 is 1.18 bits per heavy atom. The Morgan fingerprint density at radius 1 is 0.451 bits per heavy atom. The predicted octanol–water partition coefficient (Wildman–Crippen LogP) is 2.45. The van der Waals surface area contributed by atoms with E-state index in [-0.39, 0.29) is 43.6 Å². The third-order valence-corrected chi connectivity index (χ3v) is 11.7. The van der Waals surface area contributed by atoms with Crippen LogP contribution in [0.5, 0.6) is 11.5 Å². The molecular weight excluding hydrogens is 909 g/mol. The Morgan fingerprint density at radius 2 is 0.789 bits per heavy atom. The molecule has 0 aliphatic rings. The summed E-state index contributed by atoms with van der Waals surface area (Å²) in [5, 5.41) is 46.5. The maximum atomic E-state index is 14.8. The second-order valence-electron chi connectivity index (χ2n) is 17.3. The molecular formula is C53H58N8O10. The number of phenols is 2. The number of carbonyl (C=O) groups excluding carboxylic acids is 6. The van der Waals surface area contributed by atoms with Crippen molar-refractivity contribution in [2.24, 2.45) is 5.73 Å². The van der Waals surface area contributed by atoms with Crippen molar-refractivity contribution in [2.75, 3.05) is 0 Å². The fourth-order valence-electron chi connectivity index (χ4n) is 7.77. The van der Waals surface area contributed by atoms with Gasteiger partial charge in [-0.25, -0.2) is 0 Å². The molecule has 0 saturated heterocycles. The molecule has 18 heteroatoms. The number of aromatic amines is 1. The number of amides is 6. The number of hydrogen-bond acceptors (Lipinski definition) is 10. The Kier molecular flexibility index (Phi) is 18.0. The third-order valence-electron chi connectivity index (χ3n) is 11.7. The van der Waals surface area contributed by atoms with Crippen molar-refractivity contribution in [1.82, 2.24) is 36.9 Å². The van der Waals surface area contributed by atoms with Crippen LogP contribution in [0.1, 0.15) is 41.7 Å². The van der Waals surface area contributed by atoms with E-state index in [0.29, 0.717) is 27.8 Å². The van der Waals surface area contributed by atoms with Crippen LogP contribution in [0, 0.1) is 0 Å². The number of phenolic OH excluding ortho intramolecular Hbond substituents is 2. The maximum absolute atomic E-state index is 14.8. The van der Waals surface area contributed by atoms with E-state index in [1.165, 1.54) is 38.1 Å². The van der Waals surface area contributed by atoms with Gasteiger partial charge in [0.15, 0.2) is 0 Å². The van der Waals surface area contributed by atoms with Gasteiger partial charge >= 0.3 is 5.97 Å². The van der Waals surface area contributed by atoms with Crippen LogP contribution in [-0.2, 0) is 65.7 Å². The summed E-state index contributed by atoms with van der Waals surface area (Å²) in [6.45, 7) is 2.74. The van der Waals surface area contributed by atoms with Gasteiger partial charge in [0.2, 0.25) is 35.4 Å². The quantitative estimate of drug-likeness (QED) is 0.0444. The first-order valence-electron chi connectivity index (χ1n) is 23.0. The van der Waals surface area contributed by atoms with E-state index in [4.69, 9.17) is 5.73 Å². The third kappa shape index (κ3) is 15.2. The molecule has 6 aromatic rings. The average molecular weight is 967 g/mol. The van der Waals surface area contributed by atoms with Gasteiger partial charge in [-0.05, 0) is 72.0 Å². The van der Waals surface area contributed by atoms with Gasteiger partial charge in [-0.2, -0.15) is 0 Å². The smallest absolute Gasteiger partial charge is 0.325 e. The molecule has 0 spiro atoms. The Bertz CT molecular complexity index is 2790. The van der Waals surface area contributed by atoms with Crippen molar-refractivity contribution >= 4 is 52.3 Å². The maximum Gasteiger partial charge on any atom is 0.325 e. The number of hydrogen-bond donors (Lipinski definition) is 11. The van der Waals surface area contributed by atoms with E-state index >= 15 is 0 Å². The molecule has 7 atom stereocenters. The predicted molar refractivity (Wildman–Crippen MR) is 264 cm³/mol. The van der Waals surface area contributed by atoms with Gasteiger partial charge in [0, 0.05) is 49.2 Å². The minimum absolute atomic E-state index is 0.0340. The normalized spacial score (nSPS) is 14.0. The second-order valence-corrected chi connectivity index (χ2v) is 17.3. The van der Waals surface area contributed by atoms with E-state index in [9.17, 15) is 48.9 Å². The molecule has 6 amide bonds. The first-order valence-corrected chi connectivity index (χ1v) is 23.0. The standard InChI is InChI=1S/C53H58N8O10/c1-31(54)47(64)57-43(25-33-11-5-3-6-12-33)49(66)60-45(28-36-19-23-39(63)24-20-36)50(67)59-44(26-34-13-7-4-8-14-34)51(68)61-46(29-37-30-55-41-16-10-9-15-40(37)41)52(69)58-42(48(65)56-32(2)53(70)71)27-35-17-21-38(62)22-18-35/h3-24,30-32,42-46,55,62-63H,25-29,54H2,1-2H3,(H,56,65)(H,57,64)(H,58,69)(H,59,67)(H,60,66)(H,61,68)(H,70,71)/t31-,32-,42-,43-,44-,45-,46-/m0/s1. The van der Waals surface area contributed by atoms with Gasteiger partial charge in [0.25, 0.3) is 0 Å². The first-order chi connectivity index (χ1) is 34.0. The molecule has 12 N–H and O–H groups in total. The van der Waals surface area contributed by atoms with Crippen LogP contribution in [0.15, 0.2) is 140 Å². The van der Waals surface area contributed by atoms with E-state index in [0.717, 1.165) is 10.9 Å². The van der Waals surface area contributed by atoms with E-state index in [1.807, 2.05) is 24.3 Å². The Labute approximate surface area is 409 Å². The van der Waals surface area contributed by atoms with Crippen molar-refractivity contribution < 1.29 is 48.9 Å². The van der Waals surface area contributed by atoms with Crippen molar-refractivity contribution in [3.63, 3.8) is 0 Å². The lowest BCUT2D eigenvalue weighted by Gasteiger charge is -2.28. The monoisotopic (exact) mass is 966 g/mol. The summed E-state index contributed by atoms with van der Waals surface area (Å²) in [6, 6.07) is 27.9. The Hall–Kier alpha value is -8.51. The van der Waals surface area contributed by atoms with Crippen LogP contribution in [0.4, 0.5) is 0 Å². The molecule has 0 aliphatic heterocycles. The average Bonchev–Trinajstić information content (AvgIpc) is 3.77. The Balaban J connectivity index is 1.33. The zero-order valence-electron chi connectivity index (χ0n) is 39.1. The molecule has 0 aliphatic carbocycles. The number of aliphatic carboxylic acids is 1. The van der Waals surface area contributed by atoms with Crippen LogP contribution in [0.3, 0.4) is 0 Å². The van der Waals surface area contributed by atoms with Crippen LogP contribution >= 0.6 is 0 Å². The molecule has 1 aromatic heterocycles. The molecule has 1 heterocycles. The summed E-state index contributed by atoms with van der Waals surface area (Å²) < 4.78 is 0. The van der Waals surface area contributed by atoms with Crippen LogP contribution in [0.2, 0.25) is 0 Å². The number of benzene rings is 5. The lowest BCUT2D eigenvalue weighted by atomic mass is 9.99. The minimum atomic E-state index is -1.40. The highest BCUT2D eigenvalue weighted by Gasteiger charge is 2.34. The van der Waals surface area contributed by atoms with Gasteiger partial charge in [0.05, 0.1) is 6.04 Å². The van der Waals surface area contributed by atoms with Gasteiger partial charge in [-0.15, -0.1) is 0 Å². The molecule has 0 radical (unpaired) electrons. The fraction of sp³-hybridized carbons (Fsp3) is 0.264. The summed E-state index contributed by atoms with van der Waals surface area (Å²) in [6.07, 6.45) is 1.30. The highest BCUT2D eigenvalue weighted by atomic mass is 16.4. The number of aromatic nitrogens is 1. The number of rotatable bonds is 23. The highest BCUT2D eigenvalue weighted by Crippen LogP contribution is 2.20. The zero-order chi connectivity index (χ0) is 51.0. The highest BCUT2D eigenvalue weighted by molar-refractivity contribution is 5.98. The van der Waals surface area contributed by atoms with E-state index in [2.05, 4.69) is 36.9 Å². The van der Waals surface area contributed by atoms with Crippen LogP contribution < -0.4 is 37.6 Å². The summed E-state index contributed by atoms with van der Waals surface area (Å²) in [5.41, 5.74) is 9.64. The minimum Gasteiger partial charge on any atom is -0.508 e. The molecule has 0 saturated carbocycles. The van der Waals surface area contributed by atoms with Crippen LogP contribution in [-0.4, -0.2) is 104 Å². The molecule has 71 heavy (non-hydrogen) atoms. The number of nitrogens with one attached hydrogen (secondary N) is 7. The first kappa shape index (κ1) is 51.9.